The molecule has 2 atom stereocenters. The van der Waals surface area contributed by atoms with E-state index in [9.17, 15) is 23.1 Å². The van der Waals surface area contributed by atoms with Gasteiger partial charge in [0.05, 0.1) is 17.7 Å². The molecule has 0 spiro atoms. The Morgan fingerprint density at radius 1 is 1.36 bits per heavy atom. The Hall–Kier alpha value is -1.60. The summed E-state index contributed by atoms with van der Waals surface area (Å²) in [6.45, 7) is 2.87. The number of hydrogen-bond acceptors (Lipinski definition) is 3. The molecule has 2 unspecified atom stereocenters. The van der Waals surface area contributed by atoms with Gasteiger partial charge >= 0.3 is 6.18 Å². The second-order valence-corrected chi connectivity index (χ2v) is 5.53. The van der Waals surface area contributed by atoms with Gasteiger partial charge in [0.15, 0.2) is 0 Å². The van der Waals surface area contributed by atoms with Gasteiger partial charge in [0.2, 0.25) is 5.91 Å². The number of halogens is 3. The minimum atomic E-state index is -4.39. The van der Waals surface area contributed by atoms with E-state index in [2.05, 4.69) is 5.32 Å². The maximum Gasteiger partial charge on any atom is 0.416 e. The van der Waals surface area contributed by atoms with E-state index in [1.165, 1.54) is 12.1 Å². The first-order valence-corrected chi connectivity index (χ1v) is 7.17. The lowest BCUT2D eigenvalue weighted by Crippen LogP contribution is -2.48. The highest BCUT2D eigenvalue weighted by Gasteiger charge is 2.30. The molecule has 1 fully saturated rings. The van der Waals surface area contributed by atoms with E-state index in [0.29, 0.717) is 12.2 Å². The summed E-state index contributed by atoms with van der Waals surface area (Å²) in [6, 6.07) is 3.89. The van der Waals surface area contributed by atoms with Crippen LogP contribution >= 0.6 is 0 Å². The Labute approximate surface area is 126 Å². The zero-order valence-electron chi connectivity index (χ0n) is 12.2. The summed E-state index contributed by atoms with van der Waals surface area (Å²) in [5.41, 5.74) is -0.430. The molecule has 4 nitrogen and oxygen atoms in total. The number of alkyl halides is 3. The van der Waals surface area contributed by atoms with E-state index in [0.717, 1.165) is 31.5 Å². The van der Waals surface area contributed by atoms with Gasteiger partial charge in [-0.05, 0) is 50.6 Å². The van der Waals surface area contributed by atoms with E-state index in [1.807, 2.05) is 4.90 Å². The van der Waals surface area contributed by atoms with E-state index in [1.54, 1.807) is 6.92 Å². The smallest absolute Gasteiger partial charge is 0.392 e. The van der Waals surface area contributed by atoms with Gasteiger partial charge in [-0.25, -0.2) is 0 Å². The highest BCUT2D eigenvalue weighted by atomic mass is 19.4. The highest BCUT2D eigenvalue weighted by molar-refractivity contribution is 5.94. The third kappa shape index (κ3) is 4.20. The van der Waals surface area contributed by atoms with Crippen LogP contribution in [0.25, 0.3) is 0 Å². The fraction of sp³-hybridized carbons (Fsp3) is 0.533. The van der Waals surface area contributed by atoms with Crippen LogP contribution in [0.5, 0.6) is 0 Å². The number of carbonyl (C=O) groups is 1. The number of amides is 1. The average molecular weight is 316 g/mol. The van der Waals surface area contributed by atoms with E-state index in [-0.39, 0.29) is 5.91 Å². The molecule has 0 radical (unpaired) electrons. The summed E-state index contributed by atoms with van der Waals surface area (Å²) in [4.78, 5) is 14.0. The number of piperidine rings is 1. The van der Waals surface area contributed by atoms with Crippen LogP contribution < -0.4 is 5.32 Å². The standard InChI is InChI=1S/C15H19F3N2O2/c1-10(20-8-2-3-13(21)9-20)14(22)19-12-6-4-11(5-7-12)15(16,17)18/h4-7,10,13,21H,2-3,8-9H2,1H3,(H,19,22). The lowest BCUT2D eigenvalue weighted by molar-refractivity contribution is -0.137. The van der Waals surface area contributed by atoms with Crippen molar-refractivity contribution in [1.29, 1.82) is 0 Å². The summed E-state index contributed by atoms with van der Waals surface area (Å²) in [5, 5.41) is 12.2. The van der Waals surface area contributed by atoms with Crippen molar-refractivity contribution in [1.82, 2.24) is 4.90 Å². The molecule has 1 aromatic rings. The maximum absolute atomic E-state index is 12.5. The third-order valence-electron chi connectivity index (χ3n) is 3.83. The number of likely N-dealkylation sites (tertiary alicyclic amines) is 1. The fourth-order valence-electron chi connectivity index (χ4n) is 2.49. The molecule has 0 aliphatic carbocycles. The minimum Gasteiger partial charge on any atom is -0.392 e. The molecule has 2 rings (SSSR count). The molecule has 122 valence electrons. The van der Waals surface area contributed by atoms with Crippen molar-refractivity contribution in [2.45, 2.75) is 38.1 Å². The molecule has 1 aliphatic rings. The van der Waals surface area contributed by atoms with Gasteiger partial charge in [-0.15, -0.1) is 0 Å². The third-order valence-corrected chi connectivity index (χ3v) is 3.83. The van der Waals surface area contributed by atoms with Gasteiger partial charge in [-0.2, -0.15) is 13.2 Å². The van der Waals surface area contributed by atoms with Gasteiger partial charge in [0, 0.05) is 12.2 Å². The van der Waals surface area contributed by atoms with Crippen molar-refractivity contribution in [3.05, 3.63) is 29.8 Å². The van der Waals surface area contributed by atoms with Gasteiger partial charge < -0.3 is 10.4 Å². The molecule has 7 heteroatoms. The molecule has 1 aromatic carbocycles. The lowest BCUT2D eigenvalue weighted by Gasteiger charge is -2.33. The van der Waals surface area contributed by atoms with Crippen molar-refractivity contribution >= 4 is 11.6 Å². The number of rotatable bonds is 3. The quantitative estimate of drug-likeness (QED) is 0.901. The lowest BCUT2D eigenvalue weighted by atomic mass is 10.1. The number of nitrogens with zero attached hydrogens (tertiary/aromatic N) is 1. The number of aliphatic hydroxyl groups is 1. The highest BCUT2D eigenvalue weighted by Crippen LogP contribution is 2.29. The summed E-state index contributed by atoms with van der Waals surface area (Å²) >= 11 is 0. The zero-order valence-corrected chi connectivity index (χ0v) is 12.2. The summed E-state index contributed by atoms with van der Waals surface area (Å²) in [6.07, 6.45) is -3.28. The molecule has 0 bridgehead atoms. The number of anilines is 1. The van der Waals surface area contributed by atoms with Crippen LogP contribution in [0.4, 0.5) is 18.9 Å². The van der Waals surface area contributed by atoms with Crippen molar-refractivity contribution in [2.24, 2.45) is 0 Å². The first kappa shape index (κ1) is 16.8. The van der Waals surface area contributed by atoms with Gasteiger partial charge in [-0.1, -0.05) is 0 Å². The van der Waals surface area contributed by atoms with Gasteiger partial charge in [0.25, 0.3) is 0 Å². The number of aliphatic hydroxyl groups excluding tert-OH is 1. The average Bonchev–Trinajstić information content (AvgIpc) is 2.46. The SMILES string of the molecule is CC(C(=O)Nc1ccc(C(F)(F)F)cc1)N1CCCC(O)C1. The normalized spacial score (nSPS) is 21.4. The predicted molar refractivity (Wildman–Crippen MR) is 76.3 cm³/mol. The first-order valence-electron chi connectivity index (χ1n) is 7.17. The number of carbonyl (C=O) groups excluding carboxylic acids is 1. The van der Waals surface area contributed by atoms with Crippen LogP contribution in [-0.2, 0) is 11.0 Å². The topological polar surface area (TPSA) is 52.6 Å². The van der Waals surface area contributed by atoms with E-state index >= 15 is 0 Å². The van der Waals surface area contributed by atoms with Crippen LogP contribution in [0.1, 0.15) is 25.3 Å². The number of benzene rings is 1. The van der Waals surface area contributed by atoms with E-state index < -0.39 is 23.9 Å². The minimum absolute atomic E-state index is 0.297. The van der Waals surface area contributed by atoms with Crippen molar-refractivity contribution in [2.75, 3.05) is 18.4 Å². The fourth-order valence-corrected chi connectivity index (χ4v) is 2.49. The summed E-state index contributed by atoms with van der Waals surface area (Å²) in [7, 11) is 0. The molecule has 1 amide bonds. The second-order valence-electron chi connectivity index (χ2n) is 5.53. The molecular weight excluding hydrogens is 297 g/mol. The second kappa shape index (κ2) is 6.66. The Kier molecular flexibility index (Phi) is 5.08. The van der Waals surface area contributed by atoms with Crippen LogP contribution in [0.2, 0.25) is 0 Å². The Morgan fingerprint density at radius 2 is 2.00 bits per heavy atom. The number of nitrogens with one attached hydrogen (secondary N) is 1. The number of hydrogen-bond donors (Lipinski definition) is 2. The molecule has 0 saturated carbocycles. The molecule has 2 N–H and O–H groups in total. The van der Waals surface area contributed by atoms with Crippen LogP contribution in [0.3, 0.4) is 0 Å². The monoisotopic (exact) mass is 316 g/mol. The van der Waals surface area contributed by atoms with Crippen LogP contribution in [-0.4, -0.2) is 41.1 Å². The summed E-state index contributed by atoms with van der Waals surface area (Å²) < 4.78 is 37.4. The molecule has 1 heterocycles. The largest absolute Gasteiger partial charge is 0.416 e. The molecule has 1 saturated heterocycles. The Morgan fingerprint density at radius 3 is 2.55 bits per heavy atom. The van der Waals surface area contributed by atoms with Crippen molar-refractivity contribution in [3.63, 3.8) is 0 Å². The predicted octanol–water partition coefficient (Wildman–Crippen LogP) is 2.49. The van der Waals surface area contributed by atoms with Crippen LogP contribution in [0.15, 0.2) is 24.3 Å². The van der Waals surface area contributed by atoms with Crippen molar-refractivity contribution < 1.29 is 23.1 Å². The maximum atomic E-state index is 12.5. The number of β-amino-alcohol motifs (C(OH)–C–C–N with tert-alkyl or cyclic N) is 1. The summed E-state index contributed by atoms with van der Waals surface area (Å²) in [5.74, 6) is -0.297. The molecular formula is C15H19F3N2O2. The van der Waals surface area contributed by atoms with Crippen LogP contribution in [0, 0.1) is 0 Å². The molecule has 22 heavy (non-hydrogen) atoms. The molecule has 0 aromatic heterocycles. The van der Waals surface area contributed by atoms with Gasteiger partial charge in [-0.3, -0.25) is 9.69 Å². The first-order chi connectivity index (χ1) is 10.3. The Balaban J connectivity index is 1.96. The van der Waals surface area contributed by atoms with Gasteiger partial charge in [0.1, 0.15) is 0 Å². The molecule has 1 aliphatic heterocycles. The van der Waals surface area contributed by atoms with E-state index in [4.69, 9.17) is 0 Å². The Bertz CT molecular complexity index is 517. The van der Waals surface area contributed by atoms with Crippen molar-refractivity contribution in [3.8, 4) is 0 Å². The zero-order chi connectivity index (χ0) is 16.3.